The van der Waals surface area contributed by atoms with E-state index in [0.29, 0.717) is 15.1 Å². The number of anilines is 2. The van der Waals surface area contributed by atoms with Crippen LogP contribution in [0.25, 0.3) is 0 Å². The average Bonchev–Trinajstić information content (AvgIpc) is 2.59. The van der Waals surface area contributed by atoms with Gasteiger partial charge in [-0.2, -0.15) is 0 Å². The number of carbonyl (C=O) groups excluding carboxylic acids is 1. The lowest BCUT2D eigenvalue weighted by atomic mass is 10.1. The van der Waals surface area contributed by atoms with Gasteiger partial charge in [0, 0.05) is 5.02 Å². The molecule has 1 aliphatic heterocycles. The Balaban J connectivity index is 1.74. The van der Waals surface area contributed by atoms with Crippen molar-refractivity contribution < 1.29 is 9.69 Å². The Bertz CT molecular complexity index is 805. The van der Waals surface area contributed by atoms with Crippen LogP contribution in [0.4, 0.5) is 11.4 Å². The van der Waals surface area contributed by atoms with E-state index in [0.717, 1.165) is 43.1 Å². The summed E-state index contributed by atoms with van der Waals surface area (Å²) in [7, 11) is 2.19. The average molecular weight is 414 g/mol. The number of rotatable bonds is 4. The van der Waals surface area contributed by atoms with Gasteiger partial charge < -0.3 is 15.1 Å². The molecular formula is C19H21Cl3N3O+. The molecule has 2 aromatic carbocycles. The number of carbonyl (C=O) groups is 1. The van der Waals surface area contributed by atoms with E-state index in [9.17, 15) is 4.79 Å². The summed E-state index contributed by atoms with van der Waals surface area (Å²) in [5.41, 5.74) is 2.55. The van der Waals surface area contributed by atoms with Gasteiger partial charge in [0.1, 0.15) is 0 Å². The van der Waals surface area contributed by atoms with Crippen LogP contribution in [0.2, 0.25) is 15.1 Å². The highest BCUT2D eigenvalue weighted by atomic mass is 35.5. The molecule has 3 rings (SSSR count). The molecule has 1 aliphatic rings. The van der Waals surface area contributed by atoms with Crippen LogP contribution in [-0.2, 0) is 11.2 Å². The monoisotopic (exact) mass is 412 g/mol. The molecule has 1 fully saturated rings. The van der Waals surface area contributed by atoms with E-state index in [-0.39, 0.29) is 12.3 Å². The molecule has 2 aromatic rings. The number of quaternary nitrogens is 1. The molecule has 138 valence electrons. The van der Waals surface area contributed by atoms with Crippen molar-refractivity contribution in [3.05, 3.63) is 57.0 Å². The second-order valence-electron chi connectivity index (χ2n) is 6.58. The van der Waals surface area contributed by atoms with Gasteiger partial charge in [-0.1, -0.05) is 40.9 Å². The number of benzene rings is 2. The topological polar surface area (TPSA) is 36.8 Å². The van der Waals surface area contributed by atoms with Gasteiger partial charge in [0.2, 0.25) is 5.91 Å². The highest BCUT2D eigenvalue weighted by Crippen LogP contribution is 2.30. The number of halogens is 3. The molecule has 0 unspecified atom stereocenters. The summed E-state index contributed by atoms with van der Waals surface area (Å²) in [6, 6.07) is 10.8. The Kier molecular flexibility index (Phi) is 6.30. The smallest absolute Gasteiger partial charge is 0.228 e. The minimum absolute atomic E-state index is 0.119. The van der Waals surface area contributed by atoms with Crippen molar-refractivity contribution in [1.29, 1.82) is 0 Å². The lowest BCUT2D eigenvalue weighted by molar-refractivity contribution is -0.880. The van der Waals surface area contributed by atoms with Crippen LogP contribution in [0.15, 0.2) is 36.4 Å². The molecule has 0 saturated carbocycles. The Morgan fingerprint density at radius 2 is 1.81 bits per heavy atom. The van der Waals surface area contributed by atoms with E-state index in [1.165, 1.54) is 4.90 Å². The zero-order valence-corrected chi connectivity index (χ0v) is 16.8. The molecule has 7 heteroatoms. The van der Waals surface area contributed by atoms with Crippen molar-refractivity contribution in [2.24, 2.45) is 0 Å². The number of hydrogen-bond donors (Lipinski definition) is 2. The summed E-state index contributed by atoms with van der Waals surface area (Å²) in [6.07, 6.45) is 0.218. The van der Waals surface area contributed by atoms with Crippen molar-refractivity contribution in [3.8, 4) is 0 Å². The Morgan fingerprint density at radius 1 is 1.08 bits per heavy atom. The molecular weight excluding hydrogens is 393 g/mol. The molecule has 0 radical (unpaired) electrons. The first-order valence-corrected chi connectivity index (χ1v) is 9.65. The molecule has 2 N–H and O–H groups in total. The first-order valence-electron chi connectivity index (χ1n) is 8.52. The first kappa shape index (κ1) is 19.3. The number of hydrogen-bond acceptors (Lipinski definition) is 2. The van der Waals surface area contributed by atoms with E-state index in [4.69, 9.17) is 34.8 Å². The fraction of sp³-hybridized carbons (Fsp3) is 0.316. The molecule has 4 nitrogen and oxygen atoms in total. The quantitative estimate of drug-likeness (QED) is 0.808. The lowest BCUT2D eigenvalue weighted by Crippen LogP contribution is -3.12. The van der Waals surface area contributed by atoms with Gasteiger partial charge in [-0.3, -0.25) is 4.79 Å². The lowest BCUT2D eigenvalue weighted by Gasteiger charge is -2.33. The SMILES string of the molecule is C[NH+]1CCN(c2ccc(Cl)cc2NC(=O)Cc2ccc(Cl)c(Cl)c2)CC1. The fourth-order valence-electron chi connectivity index (χ4n) is 3.04. The minimum atomic E-state index is -0.119. The van der Waals surface area contributed by atoms with Crippen LogP contribution in [0.3, 0.4) is 0 Å². The highest BCUT2D eigenvalue weighted by molar-refractivity contribution is 6.42. The fourth-order valence-corrected chi connectivity index (χ4v) is 3.54. The predicted molar refractivity (Wildman–Crippen MR) is 109 cm³/mol. The molecule has 0 aliphatic carbocycles. The second-order valence-corrected chi connectivity index (χ2v) is 7.83. The molecule has 0 bridgehead atoms. The standard InChI is InChI=1S/C19H20Cl3N3O/c1-24-6-8-25(9-7-24)18-5-3-14(20)12-17(18)23-19(26)11-13-2-4-15(21)16(22)10-13/h2-5,10,12H,6-9,11H2,1H3,(H,23,26)/p+1. The van der Waals surface area contributed by atoms with Gasteiger partial charge in [-0.15, -0.1) is 0 Å². The van der Waals surface area contributed by atoms with Crippen LogP contribution in [-0.4, -0.2) is 39.1 Å². The number of nitrogens with zero attached hydrogens (tertiary/aromatic N) is 1. The summed E-state index contributed by atoms with van der Waals surface area (Å²) < 4.78 is 0. The molecule has 0 spiro atoms. The maximum atomic E-state index is 12.5. The number of piperazine rings is 1. The van der Waals surface area contributed by atoms with Gasteiger partial charge >= 0.3 is 0 Å². The molecule has 1 heterocycles. The molecule has 1 saturated heterocycles. The third-order valence-electron chi connectivity index (χ3n) is 4.54. The maximum Gasteiger partial charge on any atom is 0.228 e. The summed E-state index contributed by atoms with van der Waals surface area (Å²) in [4.78, 5) is 16.3. The summed E-state index contributed by atoms with van der Waals surface area (Å²) in [6.45, 7) is 4.03. The van der Waals surface area contributed by atoms with E-state index in [1.807, 2.05) is 12.1 Å². The Morgan fingerprint density at radius 3 is 2.50 bits per heavy atom. The van der Waals surface area contributed by atoms with E-state index in [2.05, 4.69) is 17.3 Å². The van der Waals surface area contributed by atoms with Gasteiger partial charge in [-0.25, -0.2) is 0 Å². The third kappa shape index (κ3) is 4.83. The molecule has 0 atom stereocenters. The van der Waals surface area contributed by atoms with E-state index < -0.39 is 0 Å². The second kappa shape index (κ2) is 8.49. The Labute approximate surface area is 168 Å². The maximum absolute atomic E-state index is 12.5. The van der Waals surface area contributed by atoms with Gasteiger partial charge in [0.15, 0.2) is 0 Å². The van der Waals surface area contributed by atoms with Crippen molar-refractivity contribution >= 4 is 52.1 Å². The van der Waals surface area contributed by atoms with Gasteiger partial charge in [0.05, 0.1) is 61.1 Å². The van der Waals surface area contributed by atoms with E-state index in [1.54, 1.807) is 24.3 Å². The molecule has 26 heavy (non-hydrogen) atoms. The zero-order valence-electron chi connectivity index (χ0n) is 14.5. The third-order valence-corrected chi connectivity index (χ3v) is 5.51. The van der Waals surface area contributed by atoms with Crippen LogP contribution in [0, 0.1) is 0 Å². The van der Waals surface area contributed by atoms with Crippen LogP contribution >= 0.6 is 34.8 Å². The number of likely N-dealkylation sites (N-methyl/N-ethyl adjacent to an activating group) is 1. The largest absolute Gasteiger partial charge is 0.359 e. The number of nitrogens with one attached hydrogen (secondary N) is 2. The normalized spacial score (nSPS) is 15.2. The highest BCUT2D eigenvalue weighted by Gasteiger charge is 2.20. The van der Waals surface area contributed by atoms with Crippen LogP contribution < -0.4 is 15.1 Å². The van der Waals surface area contributed by atoms with Crippen molar-refractivity contribution in [2.75, 3.05) is 43.4 Å². The van der Waals surface area contributed by atoms with Crippen molar-refractivity contribution in [3.63, 3.8) is 0 Å². The summed E-state index contributed by atoms with van der Waals surface area (Å²) >= 11 is 18.1. The summed E-state index contributed by atoms with van der Waals surface area (Å²) in [5, 5.41) is 4.51. The van der Waals surface area contributed by atoms with Crippen molar-refractivity contribution in [1.82, 2.24) is 0 Å². The van der Waals surface area contributed by atoms with E-state index >= 15 is 0 Å². The Hall–Kier alpha value is -1.46. The minimum Gasteiger partial charge on any atom is -0.359 e. The first-order chi connectivity index (χ1) is 12.4. The molecule has 0 aromatic heterocycles. The summed E-state index contributed by atoms with van der Waals surface area (Å²) in [5.74, 6) is -0.119. The van der Waals surface area contributed by atoms with Crippen LogP contribution in [0.5, 0.6) is 0 Å². The predicted octanol–water partition coefficient (Wildman–Crippen LogP) is 3.16. The molecule has 1 amide bonds. The van der Waals surface area contributed by atoms with Crippen molar-refractivity contribution in [2.45, 2.75) is 6.42 Å². The zero-order chi connectivity index (χ0) is 18.7. The van der Waals surface area contributed by atoms with Gasteiger partial charge in [-0.05, 0) is 35.9 Å². The number of amides is 1. The van der Waals surface area contributed by atoms with Gasteiger partial charge in [0.25, 0.3) is 0 Å². The van der Waals surface area contributed by atoms with Crippen LogP contribution in [0.1, 0.15) is 5.56 Å².